The third-order valence-electron chi connectivity index (χ3n) is 4.68. The van der Waals surface area contributed by atoms with Gasteiger partial charge in [-0.05, 0) is 30.2 Å². The largest absolute Gasteiger partial charge is 0.497 e. The number of hydrogen-bond acceptors (Lipinski definition) is 5. The molecule has 0 radical (unpaired) electrons. The number of ether oxygens (including phenoxy) is 1. The Balaban J connectivity index is 1.83. The molecule has 7 heteroatoms. The van der Waals surface area contributed by atoms with Gasteiger partial charge in [-0.3, -0.25) is 4.84 Å². The van der Waals surface area contributed by atoms with E-state index in [1.807, 2.05) is 61.5 Å². The van der Waals surface area contributed by atoms with Crippen LogP contribution in [-0.4, -0.2) is 39.5 Å². The molecular weight excluding hydrogens is 352 g/mol. The fourth-order valence-corrected chi connectivity index (χ4v) is 4.94. The fourth-order valence-electron chi connectivity index (χ4n) is 3.23. The summed E-state index contributed by atoms with van der Waals surface area (Å²) in [4.78, 5) is 5.55. The lowest BCUT2D eigenvalue weighted by molar-refractivity contribution is -0.110. The maximum atomic E-state index is 13.0. The Morgan fingerprint density at radius 1 is 1.15 bits per heavy atom. The smallest absolute Gasteiger partial charge is 0.219 e. The van der Waals surface area contributed by atoms with Crippen LogP contribution in [0, 0.1) is 0 Å². The molecule has 1 aliphatic heterocycles. The van der Waals surface area contributed by atoms with Crippen molar-refractivity contribution >= 4 is 10.0 Å². The van der Waals surface area contributed by atoms with Crippen LogP contribution in [-0.2, 0) is 14.9 Å². The molecule has 3 atom stereocenters. The van der Waals surface area contributed by atoms with Gasteiger partial charge in [0.25, 0.3) is 0 Å². The molecule has 0 saturated carbocycles. The van der Waals surface area contributed by atoms with Gasteiger partial charge in [0.1, 0.15) is 11.0 Å². The molecule has 0 spiro atoms. The highest BCUT2D eigenvalue weighted by Gasteiger charge is 2.43. The van der Waals surface area contributed by atoms with Crippen LogP contribution in [0.3, 0.4) is 0 Å². The van der Waals surface area contributed by atoms with Gasteiger partial charge in [-0.25, -0.2) is 13.1 Å². The summed E-state index contributed by atoms with van der Waals surface area (Å²) >= 11 is 0. The minimum Gasteiger partial charge on any atom is -0.497 e. The third kappa shape index (κ3) is 3.91. The normalized spacial score (nSPS) is 22.3. The lowest BCUT2D eigenvalue weighted by atomic mass is 10.0. The number of rotatable bonds is 6. The monoisotopic (exact) mass is 376 g/mol. The van der Waals surface area contributed by atoms with Crippen molar-refractivity contribution in [2.24, 2.45) is 0 Å². The quantitative estimate of drug-likeness (QED) is 0.840. The first kappa shape index (κ1) is 18.8. The number of methoxy groups -OCH3 is 1. The van der Waals surface area contributed by atoms with Gasteiger partial charge in [0, 0.05) is 13.1 Å². The van der Waals surface area contributed by atoms with Crippen LogP contribution >= 0.6 is 0 Å². The second-order valence-electron chi connectivity index (χ2n) is 6.39. The highest BCUT2D eigenvalue weighted by Crippen LogP contribution is 2.34. The molecule has 0 bridgehead atoms. The standard InChI is InChI=1S/C19H24N2O4S/c1-14(15-7-5-4-6-8-15)20-26(22,23)18-13-25-21(2)19(18)16-9-11-17(24-3)12-10-16/h4-12,14,18-20H,13H2,1-3H3/t14-,18+,19+/m0/s1. The van der Waals surface area contributed by atoms with Gasteiger partial charge >= 0.3 is 0 Å². The van der Waals surface area contributed by atoms with Gasteiger partial charge in [0.05, 0.1) is 19.8 Å². The van der Waals surface area contributed by atoms with Crippen molar-refractivity contribution in [1.82, 2.24) is 9.79 Å². The van der Waals surface area contributed by atoms with Gasteiger partial charge in [-0.2, -0.15) is 5.06 Å². The lowest BCUT2D eigenvalue weighted by Crippen LogP contribution is -2.40. The van der Waals surface area contributed by atoms with E-state index in [1.165, 1.54) is 0 Å². The van der Waals surface area contributed by atoms with Crippen LogP contribution in [0.15, 0.2) is 54.6 Å². The second-order valence-corrected chi connectivity index (χ2v) is 8.32. The minimum atomic E-state index is -3.60. The van der Waals surface area contributed by atoms with Crippen LogP contribution in [0.1, 0.15) is 30.1 Å². The second kappa shape index (κ2) is 7.75. The Labute approximate surface area is 154 Å². The van der Waals surface area contributed by atoms with Crippen LogP contribution in [0.25, 0.3) is 0 Å². The van der Waals surface area contributed by atoms with Gasteiger partial charge in [0.15, 0.2) is 0 Å². The first-order valence-corrected chi connectivity index (χ1v) is 10.0. The van der Waals surface area contributed by atoms with Gasteiger partial charge < -0.3 is 4.74 Å². The van der Waals surface area contributed by atoms with Crippen LogP contribution in [0.5, 0.6) is 5.75 Å². The molecule has 6 nitrogen and oxygen atoms in total. The summed E-state index contributed by atoms with van der Waals surface area (Å²) in [5.41, 5.74) is 1.79. The van der Waals surface area contributed by atoms with E-state index in [2.05, 4.69) is 4.72 Å². The van der Waals surface area contributed by atoms with Crippen molar-refractivity contribution in [3.8, 4) is 5.75 Å². The summed E-state index contributed by atoms with van der Waals surface area (Å²) in [5, 5.41) is 0.908. The molecule has 3 rings (SSSR count). The first-order valence-electron chi connectivity index (χ1n) is 8.48. The Morgan fingerprint density at radius 2 is 1.81 bits per heavy atom. The topological polar surface area (TPSA) is 67.9 Å². The zero-order valence-corrected chi connectivity index (χ0v) is 15.9. The van der Waals surface area contributed by atoms with Crippen molar-refractivity contribution in [2.75, 3.05) is 20.8 Å². The van der Waals surface area contributed by atoms with Gasteiger partial charge in [-0.15, -0.1) is 0 Å². The highest BCUT2D eigenvalue weighted by atomic mass is 32.2. The number of nitrogens with zero attached hydrogens (tertiary/aromatic N) is 1. The Bertz CT molecular complexity index is 824. The van der Waals surface area contributed by atoms with E-state index in [0.717, 1.165) is 16.9 Å². The van der Waals surface area contributed by atoms with E-state index in [4.69, 9.17) is 9.57 Å². The molecule has 140 valence electrons. The predicted molar refractivity (Wildman–Crippen MR) is 100 cm³/mol. The first-order chi connectivity index (χ1) is 12.4. The molecule has 1 N–H and O–H groups in total. The van der Waals surface area contributed by atoms with Gasteiger partial charge in [-0.1, -0.05) is 42.5 Å². The summed E-state index contributed by atoms with van der Waals surface area (Å²) in [6.45, 7) is 1.96. The summed E-state index contributed by atoms with van der Waals surface area (Å²) in [5.74, 6) is 0.727. The zero-order chi connectivity index (χ0) is 18.7. The number of sulfonamides is 1. The van der Waals surface area contributed by atoms with Crippen molar-refractivity contribution in [1.29, 1.82) is 0 Å². The average molecular weight is 376 g/mol. The van der Waals surface area contributed by atoms with Crippen molar-refractivity contribution in [3.63, 3.8) is 0 Å². The molecule has 1 heterocycles. The third-order valence-corrected chi connectivity index (χ3v) is 6.56. The number of benzene rings is 2. The van der Waals surface area contributed by atoms with E-state index < -0.39 is 15.3 Å². The molecule has 1 saturated heterocycles. The van der Waals surface area contributed by atoms with Crippen LogP contribution in [0.4, 0.5) is 0 Å². The number of hydroxylamine groups is 2. The van der Waals surface area contributed by atoms with E-state index in [-0.39, 0.29) is 18.7 Å². The van der Waals surface area contributed by atoms with Crippen LogP contribution in [0.2, 0.25) is 0 Å². The molecule has 1 fully saturated rings. The van der Waals surface area contributed by atoms with Crippen molar-refractivity contribution < 1.29 is 18.0 Å². The summed E-state index contributed by atoms with van der Waals surface area (Å²) in [6.07, 6.45) is 0. The van der Waals surface area contributed by atoms with Gasteiger partial charge in [0.2, 0.25) is 10.0 Å². The fraction of sp³-hybridized carbons (Fsp3) is 0.368. The average Bonchev–Trinajstić information content (AvgIpc) is 3.04. The SMILES string of the molecule is COc1ccc([C@@H]2[C@H](S(=O)(=O)N[C@@H](C)c3ccccc3)CON2C)cc1. The Kier molecular flexibility index (Phi) is 5.62. The minimum absolute atomic E-state index is 0.115. The van der Waals surface area contributed by atoms with E-state index in [0.29, 0.717) is 0 Å². The van der Waals surface area contributed by atoms with E-state index in [9.17, 15) is 8.42 Å². The predicted octanol–water partition coefficient (Wildman–Crippen LogP) is 2.66. The maximum Gasteiger partial charge on any atom is 0.219 e. The van der Waals surface area contributed by atoms with E-state index >= 15 is 0 Å². The van der Waals surface area contributed by atoms with Crippen molar-refractivity contribution in [3.05, 3.63) is 65.7 Å². The molecule has 2 aromatic carbocycles. The number of nitrogens with one attached hydrogen (secondary N) is 1. The molecular formula is C19H24N2O4S. The molecule has 26 heavy (non-hydrogen) atoms. The Hall–Kier alpha value is -1.93. The Morgan fingerprint density at radius 3 is 2.42 bits per heavy atom. The summed E-state index contributed by atoms with van der Waals surface area (Å²) in [6, 6.07) is 16.2. The summed E-state index contributed by atoms with van der Waals surface area (Å²) in [7, 11) is -0.247. The molecule has 2 aromatic rings. The number of hydrogen-bond donors (Lipinski definition) is 1. The molecule has 0 aliphatic carbocycles. The molecule has 1 aliphatic rings. The molecule has 0 amide bonds. The van der Waals surface area contributed by atoms with Crippen LogP contribution < -0.4 is 9.46 Å². The lowest BCUT2D eigenvalue weighted by Gasteiger charge is -2.24. The zero-order valence-electron chi connectivity index (χ0n) is 15.1. The molecule has 0 aromatic heterocycles. The molecule has 0 unspecified atom stereocenters. The maximum absolute atomic E-state index is 13.0. The van der Waals surface area contributed by atoms with Crippen molar-refractivity contribution in [2.45, 2.75) is 24.3 Å². The summed E-state index contributed by atoms with van der Waals surface area (Å²) < 4.78 is 34.0. The highest BCUT2D eigenvalue weighted by molar-refractivity contribution is 7.90. The van der Waals surface area contributed by atoms with E-state index in [1.54, 1.807) is 19.2 Å².